The molecule has 0 fully saturated rings. The van der Waals surface area contributed by atoms with Crippen LogP contribution in [0.1, 0.15) is 33.4 Å². The lowest BCUT2D eigenvalue weighted by Gasteiger charge is -2.18. The average Bonchev–Trinajstić information content (AvgIpc) is 2.97. The Labute approximate surface area is 172 Å². The van der Waals surface area contributed by atoms with Gasteiger partial charge in [0.05, 0.1) is 12.2 Å². The van der Waals surface area contributed by atoms with Crippen LogP contribution in [0.15, 0.2) is 10.4 Å². The number of nitrogens with zero attached hydrogens (tertiary/aromatic N) is 3. The number of carbonyl (C=O) groups excluding carboxylic acids is 1. The molecule has 1 amide bonds. The molecule has 9 heteroatoms. The summed E-state index contributed by atoms with van der Waals surface area (Å²) in [5, 5.41) is 12.3. The summed E-state index contributed by atoms with van der Waals surface area (Å²) < 4.78 is 0. The fraction of sp³-hybridized carbons (Fsp3) is 0.688. The van der Waals surface area contributed by atoms with E-state index in [0.29, 0.717) is 19.6 Å². The zero-order valence-electron chi connectivity index (χ0n) is 16.0. The van der Waals surface area contributed by atoms with E-state index in [0.717, 1.165) is 23.3 Å². The molecule has 1 heterocycles. The van der Waals surface area contributed by atoms with Gasteiger partial charge in [0.15, 0.2) is 11.1 Å². The minimum absolute atomic E-state index is 0. The van der Waals surface area contributed by atoms with Gasteiger partial charge < -0.3 is 20.9 Å². The van der Waals surface area contributed by atoms with E-state index in [1.54, 1.807) is 11.3 Å². The monoisotopic (exact) mass is 482 g/mol. The number of guanidine groups is 1. The van der Waals surface area contributed by atoms with Crippen molar-refractivity contribution >= 4 is 52.3 Å². The first-order valence-corrected chi connectivity index (χ1v) is 9.04. The van der Waals surface area contributed by atoms with Crippen molar-refractivity contribution in [1.82, 2.24) is 20.9 Å². The van der Waals surface area contributed by atoms with Crippen molar-refractivity contribution in [2.75, 3.05) is 38.6 Å². The molecular weight excluding hydrogens is 451 g/mol. The van der Waals surface area contributed by atoms with Gasteiger partial charge in [-0.05, 0) is 6.92 Å². The molecule has 0 atom stereocenters. The van der Waals surface area contributed by atoms with Crippen LogP contribution < -0.4 is 20.9 Å². The normalized spacial score (nSPS) is 11.5. The van der Waals surface area contributed by atoms with Gasteiger partial charge in [-0.15, -0.1) is 35.3 Å². The van der Waals surface area contributed by atoms with E-state index >= 15 is 0 Å². The summed E-state index contributed by atoms with van der Waals surface area (Å²) in [6.45, 7) is 10.2. The highest BCUT2D eigenvalue weighted by Gasteiger charge is 2.20. The number of hydrogen-bond acceptors (Lipinski definition) is 5. The molecule has 25 heavy (non-hydrogen) atoms. The van der Waals surface area contributed by atoms with Crippen LogP contribution in [0.5, 0.6) is 0 Å². The van der Waals surface area contributed by atoms with Gasteiger partial charge in [0.1, 0.15) is 0 Å². The second-order valence-electron chi connectivity index (χ2n) is 6.64. The minimum atomic E-state index is -0.368. The minimum Gasteiger partial charge on any atom is -0.357 e. The number of aliphatic imine (C=N–C) groups is 1. The SMILES string of the molecule is CCNC(=NCc1csc(N(C)C)n1)NCCNC(=O)C(C)(C)C.I. The summed E-state index contributed by atoms with van der Waals surface area (Å²) in [6.07, 6.45) is 0. The molecule has 0 aliphatic rings. The Hall–Kier alpha value is -1.10. The lowest BCUT2D eigenvalue weighted by Crippen LogP contribution is -2.43. The van der Waals surface area contributed by atoms with Gasteiger partial charge in [-0.3, -0.25) is 4.79 Å². The molecule has 0 radical (unpaired) electrons. The van der Waals surface area contributed by atoms with Crippen LogP contribution in [0.3, 0.4) is 0 Å². The first-order chi connectivity index (χ1) is 11.2. The standard InChI is InChI=1S/C16H30N6OS.HI/c1-7-17-14(19-9-8-18-13(23)16(2,3)4)20-10-12-11-24-15(21-12)22(5)6;/h11H,7-10H2,1-6H3,(H,18,23)(H2,17,19,20);1H. The molecule has 0 aromatic carbocycles. The fourth-order valence-corrected chi connectivity index (χ4v) is 2.45. The number of anilines is 1. The van der Waals surface area contributed by atoms with Crippen molar-refractivity contribution in [2.24, 2.45) is 10.4 Å². The highest BCUT2D eigenvalue weighted by molar-refractivity contribution is 14.0. The summed E-state index contributed by atoms with van der Waals surface area (Å²) in [7, 11) is 3.95. The van der Waals surface area contributed by atoms with Gasteiger partial charge in [-0.1, -0.05) is 20.8 Å². The molecule has 3 N–H and O–H groups in total. The third-order valence-corrected chi connectivity index (χ3v) is 4.11. The second-order valence-corrected chi connectivity index (χ2v) is 7.48. The van der Waals surface area contributed by atoms with Crippen molar-refractivity contribution in [2.45, 2.75) is 34.2 Å². The van der Waals surface area contributed by atoms with Crippen LogP contribution >= 0.6 is 35.3 Å². The van der Waals surface area contributed by atoms with E-state index in [4.69, 9.17) is 0 Å². The number of carbonyl (C=O) groups is 1. The maximum absolute atomic E-state index is 11.8. The second kappa shape index (κ2) is 11.5. The van der Waals surface area contributed by atoms with Crippen LogP contribution in [-0.2, 0) is 11.3 Å². The Kier molecular flexibility index (Phi) is 11.0. The van der Waals surface area contributed by atoms with Crippen molar-refractivity contribution in [1.29, 1.82) is 0 Å². The number of hydrogen-bond donors (Lipinski definition) is 3. The summed E-state index contributed by atoms with van der Waals surface area (Å²) in [5.74, 6) is 0.770. The van der Waals surface area contributed by atoms with E-state index in [1.165, 1.54) is 0 Å². The third kappa shape index (κ3) is 9.24. The van der Waals surface area contributed by atoms with Gasteiger partial charge in [0.2, 0.25) is 5.91 Å². The van der Waals surface area contributed by atoms with E-state index < -0.39 is 0 Å². The van der Waals surface area contributed by atoms with Gasteiger partial charge in [0.25, 0.3) is 0 Å². The lowest BCUT2D eigenvalue weighted by atomic mass is 9.96. The summed E-state index contributed by atoms with van der Waals surface area (Å²) in [4.78, 5) is 22.8. The molecule has 0 saturated carbocycles. The number of thiazole rings is 1. The van der Waals surface area contributed by atoms with E-state index in [1.807, 2.05) is 52.1 Å². The van der Waals surface area contributed by atoms with Crippen LogP contribution in [0.2, 0.25) is 0 Å². The molecule has 1 aromatic rings. The lowest BCUT2D eigenvalue weighted by molar-refractivity contribution is -0.128. The van der Waals surface area contributed by atoms with E-state index in [9.17, 15) is 4.79 Å². The van der Waals surface area contributed by atoms with Crippen molar-refractivity contribution in [3.05, 3.63) is 11.1 Å². The maximum atomic E-state index is 11.8. The van der Waals surface area contributed by atoms with Crippen LogP contribution in [0, 0.1) is 5.41 Å². The molecule has 144 valence electrons. The maximum Gasteiger partial charge on any atom is 0.225 e. The molecular formula is C16H31IN6OS. The molecule has 0 aliphatic heterocycles. The predicted octanol–water partition coefficient (Wildman–Crippen LogP) is 2.04. The Morgan fingerprint density at radius 1 is 1.24 bits per heavy atom. The highest BCUT2D eigenvalue weighted by Crippen LogP contribution is 2.18. The largest absolute Gasteiger partial charge is 0.357 e. The number of nitrogens with one attached hydrogen (secondary N) is 3. The Morgan fingerprint density at radius 2 is 1.88 bits per heavy atom. The number of rotatable bonds is 7. The predicted molar refractivity (Wildman–Crippen MR) is 117 cm³/mol. The molecule has 0 unspecified atom stereocenters. The van der Waals surface area contributed by atoms with E-state index in [2.05, 4.69) is 25.9 Å². The molecule has 0 saturated heterocycles. The number of halogens is 1. The number of amides is 1. The highest BCUT2D eigenvalue weighted by atomic mass is 127. The van der Waals surface area contributed by atoms with Crippen LogP contribution in [-0.4, -0.2) is 50.6 Å². The van der Waals surface area contributed by atoms with Gasteiger partial charge in [-0.2, -0.15) is 0 Å². The summed E-state index contributed by atoms with van der Waals surface area (Å²) >= 11 is 1.61. The van der Waals surface area contributed by atoms with Crippen LogP contribution in [0.4, 0.5) is 5.13 Å². The zero-order valence-corrected chi connectivity index (χ0v) is 19.1. The Bertz CT molecular complexity index is 553. The topological polar surface area (TPSA) is 81.7 Å². The molecule has 1 aromatic heterocycles. The van der Waals surface area contributed by atoms with E-state index in [-0.39, 0.29) is 35.3 Å². The van der Waals surface area contributed by atoms with Crippen molar-refractivity contribution in [3.63, 3.8) is 0 Å². The quantitative estimate of drug-likeness (QED) is 0.240. The first kappa shape index (κ1) is 23.9. The average molecular weight is 482 g/mol. The smallest absolute Gasteiger partial charge is 0.225 e. The van der Waals surface area contributed by atoms with Crippen LogP contribution in [0.25, 0.3) is 0 Å². The zero-order chi connectivity index (χ0) is 18.2. The Balaban J connectivity index is 0.00000576. The molecule has 0 spiro atoms. The fourth-order valence-electron chi connectivity index (χ4n) is 1.70. The third-order valence-electron chi connectivity index (χ3n) is 3.05. The molecule has 1 rings (SSSR count). The molecule has 0 aliphatic carbocycles. The molecule has 0 bridgehead atoms. The Morgan fingerprint density at radius 3 is 2.40 bits per heavy atom. The van der Waals surface area contributed by atoms with Crippen molar-refractivity contribution in [3.8, 4) is 0 Å². The van der Waals surface area contributed by atoms with Gasteiger partial charge >= 0.3 is 0 Å². The molecule has 7 nitrogen and oxygen atoms in total. The summed E-state index contributed by atoms with van der Waals surface area (Å²) in [6, 6.07) is 0. The number of aromatic nitrogens is 1. The van der Waals surface area contributed by atoms with Gasteiger partial charge in [-0.25, -0.2) is 9.98 Å². The first-order valence-electron chi connectivity index (χ1n) is 8.16. The van der Waals surface area contributed by atoms with Crippen molar-refractivity contribution < 1.29 is 4.79 Å². The summed E-state index contributed by atoms with van der Waals surface area (Å²) in [5.41, 5.74) is 0.579. The van der Waals surface area contributed by atoms with Gasteiger partial charge in [0, 0.05) is 44.5 Å².